The minimum atomic E-state index is -4.22. The topological polar surface area (TPSA) is 149 Å². The first-order valence-electron chi connectivity index (χ1n) is 10.6. The Morgan fingerprint density at radius 3 is 2.91 bits per heavy atom. The molecule has 1 aliphatic rings. The van der Waals surface area contributed by atoms with Gasteiger partial charge in [0.25, 0.3) is 0 Å². The monoisotopic (exact) mass is 615 g/mol. The molecule has 0 spiro atoms. The highest BCUT2D eigenvalue weighted by Crippen LogP contribution is 2.32. The van der Waals surface area contributed by atoms with E-state index in [0.29, 0.717) is 12.1 Å². The molecule has 0 saturated heterocycles. The number of rotatable bonds is 9. The fourth-order valence-corrected chi connectivity index (χ4v) is 5.01. The van der Waals surface area contributed by atoms with Crippen molar-refractivity contribution in [1.29, 1.82) is 0 Å². The minimum absolute atomic E-state index is 0.0434. The van der Waals surface area contributed by atoms with Gasteiger partial charge in [-0.25, -0.2) is 19.5 Å². The van der Waals surface area contributed by atoms with Gasteiger partial charge in [-0.05, 0) is 52.8 Å². The molecule has 0 radical (unpaired) electrons. The molecule has 35 heavy (non-hydrogen) atoms. The summed E-state index contributed by atoms with van der Waals surface area (Å²) in [5.41, 5.74) is 1.65. The summed E-state index contributed by atoms with van der Waals surface area (Å²) in [7, 11) is -4.22. The highest BCUT2D eigenvalue weighted by Gasteiger charge is 2.44. The number of hydrogen-bond donors (Lipinski definition) is 3. The van der Waals surface area contributed by atoms with Crippen LogP contribution in [0.4, 0.5) is 10.2 Å². The van der Waals surface area contributed by atoms with Crippen LogP contribution in [0.5, 0.6) is 0 Å². The van der Waals surface area contributed by atoms with Gasteiger partial charge in [0.05, 0.1) is 24.3 Å². The fraction of sp³-hybridized carbons (Fsp3) is 0.318. The van der Waals surface area contributed by atoms with Crippen molar-refractivity contribution in [3.63, 3.8) is 0 Å². The lowest BCUT2D eigenvalue weighted by Crippen LogP contribution is -2.33. The van der Waals surface area contributed by atoms with Crippen molar-refractivity contribution in [1.82, 2.24) is 14.5 Å². The molecule has 1 aliphatic carbocycles. The van der Waals surface area contributed by atoms with Crippen LogP contribution in [0.2, 0.25) is 0 Å². The lowest BCUT2D eigenvalue weighted by Gasteiger charge is -2.18. The second-order valence-corrected chi connectivity index (χ2v) is 10.7. The number of nitrogens with one attached hydrogen (secondary N) is 1. The van der Waals surface area contributed by atoms with E-state index in [0.717, 1.165) is 9.13 Å². The van der Waals surface area contributed by atoms with Crippen LogP contribution < -0.4 is 10.5 Å². The Hall–Kier alpha value is -2.46. The van der Waals surface area contributed by atoms with Crippen LogP contribution in [0.25, 0.3) is 0 Å². The molecule has 10 nitrogen and oxygen atoms in total. The van der Waals surface area contributed by atoms with Crippen LogP contribution in [-0.4, -0.2) is 58.8 Å². The Morgan fingerprint density at radius 1 is 1.37 bits per heavy atom. The molecule has 4 rings (SSSR count). The summed E-state index contributed by atoms with van der Waals surface area (Å²) < 4.78 is 44.3. The van der Waals surface area contributed by atoms with E-state index in [1.807, 2.05) is 22.8 Å². The quantitative estimate of drug-likeness (QED) is 0.244. The predicted molar refractivity (Wildman–Crippen MR) is 134 cm³/mol. The number of carbonyl (C=O) groups is 1. The van der Waals surface area contributed by atoms with Gasteiger partial charge in [-0.2, -0.15) is 8.42 Å². The van der Waals surface area contributed by atoms with E-state index < -0.39 is 41.1 Å². The van der Waals surface area contributed by atoms with Crippen molar-refractivity contribution < 1.29 is 26.9 Å². The lowest BCUT2D eigenvalue weighted by molar-refractivity contribution is 0.0501. The van der Waals surface area contributed by atoms with Gasteiger partial charge in [-0.3, -0.25) is 8.98 Å². The normalized spacial score (nSPS) is 22.3. The third-order valence-corrected chi connectivity index (χ3v) is 6.88. The molecule has 1 fully saturated rings. The number of nitrogens with two attached hydrogens (primary N) is 1. The van der Waals surface area contributed by atoms with Gasteiger partial charge in [-0.15, -0.1) is 0 Å². The molecule has 2 heterocycles. The van der Waals surface area contributed by atoms with E-state index in [4.69, 9.17) is 5.14 Å². The zero-order valence-corrected chi connectivity index (χ0v) is 21.3. The van der Waals surface area contributed by atoms with Gasteiger partial charge < -0.3 is 15.0 Å². The van der Waals surface area contributed by atoms with Gasteiger partial charge in [0.1, 0.15) is 18.3 Å². The first-order chi connectivity index (χ1) is 16.6. The second-order valence-electron chi connectivity index (χ2n) is 8.28. The summed E-state index contributed by atoms with van der Waals surface area (Å²) in [5, 5.41) is 17.9. The zero-order chi connectivity index (χ0) is 25.2. The number of aliphatic hydroxyl groups excluding tert-OH is 1. The molecule has 3 aromatic rings. The van der Waals surface area contributed by atoms with Gasteiger partial charge >= 0.3 is 10.3 Å². The van der Waals surface area contributed by atoms with Crippen molar-refractivity contribution >= 4 is 44.5 Å². The molecule has 186 valence electrons. The third-order valence-electron chi connectivity index (χ3n) is 5.74. The zero-order valence-electron chi connectivity index (χ0n) is 18.3. The van der Waals surface area contributed by atoms with Crippen molar-refractivity contribution in [3.8, 4) is 0 Å². The molecule has 0 unspecified atom stereocenters. The lowest BCUT2D eigenvalue weighted by atomic mass is 10.1. The van der Waals surface area contributed by atoms with Gasteiger partial charge in [0.2, 0.25) is 0 Å². The van der Waals surface area contributed by atoms with Crippen molar-refractivity contribution in [2.45, 2.75) is 31.3 Å². The van der Waals surface area contributed by atoms with Crippen molar-refractivity contribution in [2.75, 3.05) is 11.9 Å². The van der Waals surface area contributed by atoms with Gasteiger partial charge in [0.15, 0.2) is 5.78 Å². The maximum absolute atomic E-state index is 14.8. The van der Waals surface area contributed by atoms with Crippen molar-refractivity contribution in [2.24, 2.45) is 11.1 Å². The number of aromatic nitrogens is 3. The van der Waals surface area contributed by atoms with E-state index in [-0.39, 0.29) is 23.6 Å². The molecule has 13 heteroatoms. The first-order valence-corrected chi connectivity index (χ1v) is 13.2. The Labute approximate surface area is 215 Å². The number of ketones is 1. The standard InChI is InChI=1S/C22H23FIN5O5S/c23-19-18(7-15(21(19)31)11-34-35(25,32)33)28-22-17(8-26-12-27-22)20(30)14-4-5-29(10-14)9-13-2-1-3-16(24)6-13/h1-6,8,10,12,15,18-19,21,31H,7,9,11H2,(H2,25,32,33)(H,26,27,28)/t15-,18-,19-,21-/m1/s1. The molecular formula is C22H23FIN5O5S. The third kappa shape index (κ3) is 6.41. The maximum atomic E-state index is 14.8. The van der Waals surface area contributed by atoms with Crippen molar-refractivity contribution in [3.05, 3.63) is 75.5 Å². The van der Waals surface area contributed by atoms with Crippen LogP contribution >= 0.6 is 22.6 Å². The highest BCUT2D eigenvalue weighted by molar-refractivity contribution is 14.1. The summed E-state index contributed by atoms with van der Waals surface area (Å²) in [4.78, 5) is 21.2. The molecule has 0 aliphatic heterocycles. The van der Waals surface area contributed by atoms with E-state index in [9.17, 15) is 22.7 Å². The Balaban J connectivity index is 1.47. The van der Waals surface area contributed by atoms with Crippen LogP contribution in [0.3, 0.4) is 0 Å². The smallest absolute Gasteiger partial charge is 0.333 e. The minimum Gasteiger partial charge on any atom is -0.390 e. The molecule has 1 aromatic carbocycles. The molecule has 4 N–H and O–H groups in total. The Kier molecular flexibility index (Phi) is 7.80. The second kappa shape index (κ2) is 10.7. The Morgan fingerprint density at radius 2 is 2.17 bits per heavy atom. The molecule has 2 aromatic heterocycles. The van der Waals surface area contributed by atoms with Gasteiger partial charge in [0, 0.05) is 40.2 Å². The number of nitrogens with zero attached hydrogens (tertiary/aromatic N) is 3. The summed E-state index contributed by atoms with van der Waals surface area (Å²) >= 11 is 2.24. The number of benzene rings is 1. The average molecular weight is 615 g/mol. The molecule has 0 amide bonds. The van der Waals surface area contributed by atoms with Crippen LogP contribution in [0, 0.1) is 9.49 Å². The van der Waals surface area contributed by atoms with E-state index in [2.05, 4.69) is 48.1 Å². The van der Waals surface area contributed by atoms with Crippen LogP contribution in [0.15, 0.2) is 55.2 Å². The maximum Gasteiger partial charge on any atom is 0.333 e. The average Bonchev–Trinajstić information content (AvgIpc) is 3.37. The molecule has 4 atom stereocenters. The molecule has 0 bridgehead atoms. The van der Waals surface area contributed by atoms with E-state index in [1.54, 1.807) is 18.5 Å². The number of carbonyl (C=O) groups excluding carboxylic acids is 1. The summed E-state index contributed by atoms with van der Waals surface area (Å²) in [6, 6.07) is 8.78. The van der Waals surface area contributed by atoms with Crippen LogP contribution in [-0.2, 0) is 21.0 Å². The number of hydrogen-bond acceptors (Lipinski definition) is 8. The molecular weight excluding hydrogens is 592 g/mol. The first kappa shape index (κ1) is 25.6. The summed E-state index contributed by atoms with van der Waals surface area (Å²) in [6.45, 7) is 0.133. The summed E-state index contributed by atoms with van der Waals surface area (Å²) in [5.74, 6) is -1.04. The highest BCUT2D eigenvalue weighted by atomic mass is 127. The SMILES string of the molecule is NS(=O)(=O)OC[C@H]1C[C@@H](Nc2ncncc2C(=O)c2ccn(Cc3cccc(I)c3)c2)[C@@H](F)[C@@H]1O. The number of alkyl halides is 1. The number of aliphatic hydroxyl groups is 1. The summed E-state index contributed by atoms with van der Waals surface area (Å²) in [6.07, 6.45) is 2.92. The predicted octanol–water partition coefficient (Wildman–Crippen LogP) is 1.88. The Bertz CT molecular complexity index is 1320. The largest absolute Gasteiger partial charge is 0.390 e. The van der Waals surface area contributed by atoms with E-state index >= 15 is 0 Å². The molecule has 1 saturated carbocycles. The number of anilines is 1. The fourth-order valence-electron chi connectivity index (χ4n) is 4.04. The van der Waals surface area contributed by atoms with Crippen LogP contribution in [0.1, 0.15) is 27.9 Å². The van der Waals surface area contributed by atoms with E-state index in [1.165, 1.54) is 12.5 Å². The van der Waals surface area contributed by atoms with Gasteiger partial charge in [-0.1, -0.05) is 12.1 Å². The number of halogens is 2.